The summed E-state index contributed by atoms with van der Waals surface area (Å²) in [7, 11) is 0. The van der Waals surface area contributed by atoms with Crippen molar-refractivity contribution >= 4 is 70.1 Å². The number of anilines is 2. The van der Waals surface area contributed by atoms with Gasteiger partial charge in [0.15, 0.2) is 18.1 Å². The number of carbonyl (C=O) groups is 4. The van der Waals surface area contributed by atoms with E-state index < -0.39 is 40.9 Å². The Labute approximate surface area is 242 Å². The molecule has 14 heteroatoms. The van der Waals surface area contributed by atoms with Crippen molar-refractivity contribution in [2.24, 2.45) is 0 Å². The highest BCUT2D eigenvalue weighted by molar-refractivity contribution is 6.39. The second-order valence-electron chi connectivity index (χ2n) is 8.31. The summed E-state index contributed by atoms with van der Waals surface area (Å²) >= 11 is 12.5. The van der Waals surface area contributed by atoms with Crippen LogP contribution in [0.5, 0.6) is 11.5 Å². The zero-order chi connectivity index (χ0) is 29.7. The Kier molecular flexibility index (Phi) is 8.85. The molecule has 0 atom stereocenters. The molecule has 3 aromatic carbocycles. The third kappa shape index (κ3) is 6.62. The highest BCUT2D eigenvalue weighted by Crippen LogP contribution is 2.38. The van der Waals surface area contributed by atoms with Crippen molar-refractivity contribution in [3.05, 3.63) is 92.0 Å². The van der Waals surface area contributed by atoms with Gasteiger partial charge in [-0.2, -0.15) is 0 Å². The van der Waals surface area contributed by atoms with Crippen molar-refractivity contribution in [2.45, 2.75) is 6.92 Å². The van der Waals surface area contributed by atoms with E-state index in [1.54, 1.807) is 31.2 Å². The average Bonchev–Trinajstić information content (AvgIpc) is 2.92. The molecule has 2 N–H and O–H groups in total. The number of nitro groups is 1. The van der Waals surface area contributed by atoms with Gasteiger partial charge in [-0.15, -0.1) is 0 Å². The molecule has 1 saturated heterocycles. The molecule has 5 amide bonds. The van der Waals surface area contributed by atoms with E-state index in [4.69, 9.17) is 32.7 Å². The number of nitrogens with zero attached hydrogens (tertiary/aromatic N) is 2. The Morgan fingerprint density at radius 1 is 1.05 bits per heavy atom. The summed E-state index contributed by atoms with van der Waals surface area (Å²) in [6.07, 6.45) is 1.20. The quantitative estimate of drug-likeness (QED) is 0.151. The van der Waals surface area contributed by atoms with E-state index >= 15 is 0 Å². The Bertz CT molecular complexity index is 1590. The van der Waals surface area contributed by atoms with E-state index in [-0.39, 0.29) is 40.1 Å². The van der Waals surface area contributed by atoms with Crippen LogP contribution in [0, 0.1) is 10.1 Å². The zero-order valence-electron chi connectivity index (χ0n) is 21.2. The monoisotopic (exact) mass is 598 g/mol. The fourth-order valence-corrected chi connectivity index (χ4v) is 4.20. The van der Waals surface area contributed by atoms with Crippen LogP contribution in [0.1, 0.15) is 12.5 Å². The van der Waals surface area contributed by atoms with Crippen LogP contribution in [-0.4, -0.2) is 41.9 Å². The van der Waals surface area contributed by atoms with E-state index in [1.807, 2.05) is 0 Å². The molecule has 0 unspecified atom stereocenters. The molecule has 1 aliphatic rings. The number of carbonyl (C=O) groups excluding carboxylic acids is 4. The number of urea groups is 1. The Morgan fingerprint density at radius 3 is 2.41 bits per heavy atom. The molecule has 4 rings (SSSR count). The number of benzene rings is 3. The fraction of sp³-hybridized carbons (Fsp3) is 0.111. The standard InChI is InChI=1S/C27H20Cl2N4O8/c1-2-40-22-13-15(12-20(29)24(22)41-14-23(34)30-21-6-4-3-5-19(21)28)11-18-25(35)31-27(37)32(26(18)36)16-7-9-17(10-8-16)33(38)39/h3-13H,2,14H2,1H3,(H,30,34)(H,31,35,37)/b18-11-. The lowest BCUT2D eigenvalue weighted by Crippen LogP contribution is -2.54. The molecule has 0 saturated carbocycles. The van der Waals surface area contributed by atoms with Gasteiger partial charge in [0.2, 0.25) is 0 Å². The van der Waals surface area contributed by atoms with Crippen LogP contribution in [0.25, 0.3) is 6.08 Å². The SMILES string of the molecule is CCOc1cc(/C=C2/C(=O)NC(=O)N(c3ccc([N+](=O)[O-])cc3)C2=O)cc(Cl)c1OCC(=O)Nc1ccccc1Cl. The number of para-hydroxylation sites is 1. The third-order valence-electron chi connectivity index (χ3n) is 5.56. The van der Waals surface area contributed by atoms with Gasteiger partial charge >= 0.3 is 6.03 Å². The first kappa shape index (κ1) is 29.1. The van der Waals surface area contributed by atoms with Crippen molar-refractivity contribution in [1.82, 2.24) is 5.32 Å². The molecule has 1 fully saturated rings. The third-order valence-corrected chi connectivity index (χ3v) is 6.17. The molecular formula is C27H20Cl2N4O8. The van der Waals surface area contributed by atoms with Crippen LogP contribution in [-0.2, 0) is 14.4 Å². The average molecular weight is 599 g/mol. The maximum absolute atomic E-state index is 13.2. The molecule has 210 valence electrons. The summed E-state index contributed by atoms with van der Waals surface area (Å²) in [5.74, 6) is -2.25. The summed E-state index contributed by atoms with van der Waals surface area (Å²) in [6.45, 7) is 1.47. The Morgan fingerprint density at radius 2 is 1.76 bits per heavy atom. The number of barbiturate groups is 1. The first-order valence-electron chi connectivity index (χ1n) is 11.9. The topological polar surface area (TPSA) is 157 Å². The van der Waals surface area contributed by atoms with E-state index in [1.165, 1.54) is 30.3 Å². The van der Waals surface area contributed by atoms with Gasteiger partial charge in [0.05, 0.1) is 33.0 Å². The maximum Gasteiger partial charge on any atom is 0.335 e. The van der Waals surface area contributed by atoms with E-state index in [0.29, 0.717) is 15.6 Å². The van der Waals surface area contributed by atoms with Crippen LogP contribution in [0.3, 0.4) is 0 Å². The summed E-state index contributed by atoms with van der Waals surface area (Å²) in [5, 5.41) is 16.0. The molecule has 0 radical (unpaired) electrons. The number of amides is 5. The molecule has 1 heterocycles. The number of hydrogen-bond donors (Lipinski definition) is 2. The molecule has 1 aliphatic heterocycles. The molecule has 41 heavy (non-hydrogen) atoms. The number of ether oxygens (including phenoxy) is 2. The minimum atomic E-state index is -1.02. The number of non-ortho nitro benzene ring substituents is 1. The smallest absolute Gasteiger partial charge is 0.335 e. The lowest BCUT2D eigenvalue weighted by Gasteiger charge is -2.26. The Balaban J connectivity index is 1.58. The van der Waals surface area contributed by atoms with Crippen LogP contribution in [0.2, 0.25) is 10.0 Å². The second kappa shape index (κ2) is 12.5. The number of halogens is 2. The molecule has 0 aromatic heterocycles. The Hall–Kier alpha value is -4.94. The largest absolute Gasteiger partial charge is 0.490 e. The van der Waals surface area contributed by atoms with Crippen molar-refractivity contribution in [1.29, 1.82) is 0 Å². The van der Waals surface area contributed by atoms with Crippen molar-refractivity contribution in [3.8, 4) is 11.5 Å². The number of imide groups is 2. The molecule has 12 nitrogen and oxygen atoms in total. The summed E-state index contributed by atoms with van der Waals surface area (Å²) < 4.78 is 11.2. The van der Waals surface area contributed by atoms with Gasteiger partial charge in [-0.1, -0.05) is 35.3 Å². The van der Waals surface area contributed by atoms with Gasteiger partial charge in [0.25, 0.3) is 23.4 Å². The van der Waals surface area contributed by atoms with Crippen molar-refractivity contribution < 1.29 is 33.6 Å². The van der Waals surface area contributed by atoms with Gasteiger partial charge in [-0.3, -0.25) is 29.8 Å². The number of nitrogens with one attached hydrogen (secondary N) is 2. The van der Waals surface area contributed by atoms with E-state index in [9.17, 15) is 29.3 Å². The molecule has 0 aliphatic carbocycles. The maximum atomic E-state index is 13.2. The summed E-state index contributed by atoms with van der Waals surface area (Å²) in [4.78, 5) is 61.6. The second-order valence-corrected chi connectivity index (χ2v) is 9.13. The number of rotatable bonds is 9. The predicted octanol–water partition coefficient (Wildman–Crippen LogP) is 4.98. The van der Waals surface area contributed by atoms with Gasteiger partial charge in [0.1, 0.15) is 5.57 Å². The van der Waals surface area contributed by atoms with Crippen LogP contribution in [0.4, 0.5) is 21.9 Å². The van der Waals surface area contributed by atoms with Gasteiger partial charge < -0.3 is 14.8 Å². The lowest BCUT2D eigenvalue weighted by molar-refractivity contribution is -0.384. The van der Waals surface area contributed by atoms with Gasteiger partial charge in [-0.05, 0) is 55.0 Å². The number of hydrogen-bond acceptors (Lipinski definition) is 8. The van der Waals surface area contributed by atoms with Crippen LogP contribution in [0.15, 0.2) is 66.2 Å². The molecule has 0 bridgehead atoms. The highest BCUT2D eigenvalue weighted by Gasteiger charge is 2.37. The van der Waals surface area contributed by atoms with E-state index in [0.717, 1.165) is 12.1 Å². The zero-order valence-corrected chi connectivity index (χ0v) is 22.7. The minimum Gasteiger partial charge on any atom is -0.490 e. The first-order valence-corrected chi connectivity index (χ1v) is 12.6. The lowest BCUT2D eigenvalue weighted by atomic mass is 10.1. The summed E-state index contributed by atoms with van der Waals surface area (Å²) in [5.41, 5.74) is 0.0187. The van der Waals surface area contributed by atoms with Gasteiger partial charge in [0, 0.05) is 12.1 Å². The van der Waals surface area contributed by atoms with Crippen molar-refractivity contribution in [3.63, 3.8) is 0 Å². The number of nitro benzene ring substituents is 1. The van der Waals surface area contributed by atoms with Crippen LogP contribution < -0.4 is 25.0 Å². The van der Waals surface area contributed by atoms with Crippen LogP contribution >= 0.6 is 23.2 Å². The van der Waals surface area contributed by atoms with Crippen molar-refractivity contribution in [2.75, 3.05) is 23.4 Å². The van der Waals surface area contributed by atoms with E-state index in [2.05, 4.69) is 10.6 Å². The minimum absolute atomic E-state index is 0.0142. The normalized spacial score (nSPS) is 14.1. The van der Waals surface area contributed by atoms with Gasteiger partial charge in [-0.25, -0.2) is 9.69 Å². The molecule has 0 spiro atoms. The first-order chi connectivity index (χ1) is 19.6. The fourth-order valence-electron chi connectivity index (χ4n) is 3.74. The highest BCUT2D eigenvalue weighted by atomic mass is 35.5. The molecular weight excluding hydrogens is 579 g/mol. The summed E-state index contributed by atoms with van der Waals surface area (Å²) in [6, 6.07) is 13.1. The predicted molar refractivity (Wildman–Crippen MR) is 150 cm³/mol. The molecule has 3 aromatic rings.